The first-order valence-electron chi connectivity index (χ1n) is 7.18. The number of aromatic nitrogens is 2. The fourth-order valence-electron chi connectivity index (χ4n) is 2.02. The largest absolute Gasteiger partial charge is 0.480 e. The minimum absolute atomic E-state index is 0.209. The van der Waals surface area contributed by atoms with Crippen molar-refractivity contribution in [2.75, 3.05) is 0 Å². The monoisotopic (exact) mass is 296 g/mol. The van der Waals surface area contributed by atoms with Crippen LogP contribution in [0.2, 0.25) is 0 Å². The number of amides is 1. The Kier molecular flexibility index (Phi) is 6.87. The third-order valence-electron chi connectivity index (χ3n) is 3.12. The summed E-state index contributed by atoms with van der Waals surface area (Å²) in [6.45, 7) is 6.07. The van der Waals surface area contributed by atoms with Crippen molar-refractivity contribution in [2.45, 2.75) is 52.2 Å². The Morgan fingerprint density at radius 3 is 2.57 bits per heavy atom. The molecule has 118 valence electrons. The van der Waals surface area contributed by atoms with Crippen molar-refractivity contribution in [3.8, 4) is 0 Å². The molecule has 0 aliphatic heterocycles. The van der Waals surface area contributed by atoms with Gasteiger partial charge in [0.05, 0.1) is 12.6 Å². The number of aromatic amines is 1. The number of aliphatic carboxylic acids is 1. The number of H-pyrrole nitrogens is 1. The van der Waals surface area contributed by atoms with E-state index in [2.05, 4.69) is 20.6 Å². The molecule has 1 aromatic rings. The molecular weight excluding hydrogens is 272 g/mol. The van der Waals surface area contributed by atoms with Gasteiger partial charge in [0.15, 0.2) is 0 Å². The summed E-state index contributed by atoms with van der Waals surface area (Å²) in [6.07, 6.45) is 4.30. The van der Waals surface area contributed by atoms with E-state index in [0.29, 0.717) is 25.2 Å². The van der Waals surface area contributed by atoms with Gasteiger partial charge in [0.1, 0.15) is 11.9 Å². The first-order chi connectivity index (χ1) is 9.93. The number of imidazole rings is 1. The lowest BCUT2D eigenvalue weighted by molar-refractivity contribution is -0.140. The van der Waals surface area contributed by atoms with Crippen LogP contribution in [-0.4, -0.2) is 39.0 Å². The molecule has 21 heavy (non-hydrogen) atoms. The highest BCUT2D eigenvalue weighted by molar-refractivity contribution is 5.83. The van der Waals surface area contributed by atoms with Gasteiger partial charge in [-0.1, -0.05) is 20.8 Å². The molecule has 0 aliphatic rings. The molecule has 0 saturated heterocycles. The summed E-state index contributed by atoms with van der Waals surface area (Å²) in [5, 5.41) is 14.8. The molecule has 0 spiro atoms. The van der Waals surface area contributed by atoms with Gasteiger partial charge in [-0.15, -0.1) is 0 Å². The molecule has 1 amide bonds. The van der Waals surface area contributed by atoms with Crippen molar-refractivity contribution >= 4 is 11.9 Å². The van der Waals surface area contributed by atoms with Gasteiger partial charge in [-0.05, 0) is 18.8 Å². The van der Waals surface area contributed by atoms with Crippen LogP contribution in [0.3, 0.4) is 0 Å². The van der Waals surface area contributed by atoms with Crippen molar-refractivity contribution in [1.29, 1.82) is 0 Å². The minimum atomic E-state index is -0.940. The Morgan fingerprint density at radius 1 is 1.38 bits per heavy atom. The molecule has 0 fully saturated rings. The molecule has 7 heteroatoms. The molecule has 0 aliphatic carbocycles. The summed E-state index contributed by atoms with van der Waals surface area (Å²) in [7, 11) is 0. The van der Waals surface area contributed by atoms with Crippen LogP contribution in [-0.2, 0) is 16.1 Å². The smallest absolute Gasteiger partial charge is 0.320 e. The molecule has 1 unspecified atom stereocenters. The zero-order valence-electron chi connectivity index (χ0n) is 12.7. The lowest BCUT2D eigenvalue weighted by Gasteiger charge is -2.23. The Morgan fingerprint density at radius 2 is 2.10 bits per heavy atom. The third kappa shape index (κ3) is 5.95. The minimum Gasteiger partial charge on any atom is -0.480 e. The van der Waals surface area contributed by atoms with E-state index >= 15 is 0 Å². The molecular formula is C14H24N4O3. The molecule has 0 radical (unpaired) electrons. The summed E-state index contributed by atoms with van der Waals surface area (Å²) in [6, 6.07) is -1.25. The maximum Gasteiger partial charge on any atom is 0.320 e. The van der Waals surface area contributed by atoms with E-state index in [0.717, 1.165) is 0 Å². The highest BCUT2D eigenvalue weighted by Gasteiger charge is 2.25. The molecule has 0 saturated carbocycles. The highest BCUT2D eigenvalue weighted by atomic mass is 16.4. The molecule has 1 aromatic heterocycles. The predicted molar refractivity (Wildman–Crippen MR) is 78.5 cm³/mol. The van der Waals surface area contributed by atoms with Gasteiger partial charge in [-0.25, -0.2) is 4.98 Å². The topological polar surface area (TPSA) is 107 Å². The van der Waals surface area contributed by atoms with Crippen LogP contribution >= 0.6 is 0 Å². The fraction of sp³-hybridized carbons (Fsp3) is 0.643. The van der Waals surface area contributed by atoms with Crippen LogP contribution in [0.1, 0.15) is 39.4 Å². The molecule has 1 heterocycles. The average Bonchev–Trinajstić information content (AvgIpc) is 2.93. The number of rotatable bonds is 9. The maximum atomic E-state index is 12.2. The number of carboxylic acids is 1. The van der Waals surface area contributed by atoms with Crippen LogP contribution in [0, 0.1) is 5.92 Å². The fourth-order valence-corrected chi connectivity index (χ4v) is 2.02. The van der Waals surface area contributed by atoms with Crippen molar-refractivity contribution in [3.63, 3.8) is 0 Å². The van der Waals surface area contributed by atoms with Crippen molar-refractivity contribution in [3.05, 3.63) is 18.2 Å². The van der Waals surface area contributed by atoms with Crippen molar-refractivity contribution in [2.24, 2.45) is 5.92 Å². The maximum absolute atomic E-state index is 12.2. The number of carbonyl (C=O) groups is 2. The highest BCUT2D eigenvalue weighted by Crippen LogP contribution is 2.07. The van der Waals surface area contributed by atoms with Gasteiger partial charge >= 0.3 is 5.97 Å². The van der Waals surface area contributed by atoms with E-state index in [9.17, 15) is 9.59 Å². The first-order valence-corrected chi connectivity index (χ1v) is 7.18. The van der Waals surface area contributed by atoms with E-state index in [1.807, 2.05) is 13.8 Å². The van der Waals surface area contributed by atoms with E-state index in [-0.39, 0.29) is 11.8 Å². The van der Waals surface area contributed by atoms with Crippen LogP contribution in [0.5, 0.6) is 0 Å². The number of hydrogen-bond acceptors (Lipinski definition) is 4. The Hall–Kier alpha value is -1.89. The summed E-state index contributed by atoms with van der Waals surface area (Å²) < 4.78 is 0. The molecule has 1 rings (SSSR count). The standard InChI is InChI=1S/C14H24N4O3/c1-4-10(14(20)21)18-11(7-9(2)3)13(19)17-8-12-15-5-6-16-12/h5-6,9-11,18H,4,7-8H2,1-3H3,(H,15,16)(H,17,19)(H,20,21)/t10-,11?/m1/s1. The van der Waals surface area contributed by atoms with E-state index in [1.54, 1.807) is 19.3 Å². The second-order valence-electron chi connectivity index (χ2n) is 5.40. The number of nitrogens with one attached hydrogen (secondary N) is 3. The zero-order valence-corrected chi connectivity index (χ0v) is 12.7. The van der Waals surface area contributed by atoms with Gasteiger partial charge in [0.2, 0.25) is 5.91 Å². The first kappa shape index (κ1) is 17.2. The molecule has 0 bridgehead atoms. The zero-order chi connectivity index (χ0) is 15.8. The molecule has 2 atom stereocenters. The van der Waals surface area contributed by atoms with Crippen LogP contribution in [0.15, 0.2) is 12.4 Å². The van der Waals surface area contributed by atoms with Crippen LogP contribution in [0.4, 0.5) is 0 Å². The SMILES string of the molecule is CC[C@@H](NC(CC(C)C)C(=O)NCc1ncc[nH]1)C(=O)O. The van der Waals surface area contributed by atoms with Gasteiger partial charge in [0, 0.05) is 12.4 Å². The second kappa shape index (κ2) is 8.41. The molecule has 4 N–H and O–H groups in total. The molecule has 0 aromatic carbocycles. The number of carboxylic acid groups (broad SMARTS) is 1. The Bertz CT molecular complexity index is 445. The van der Waals surface area contributed by atoms with Gasteiger partial charge in [-0.3, -0.25) is 14.9 Å². The number of hydrogen-bond donors (Lipinski definition) is 4. The third-order valence-corrected chi connectivity index (χ3v) is 3.12. The van der Waals surface area contributed by atoms with Crippen LogP contribution in [0.25, 0.3) is 0 Å². The van der Waals surface area contributed by atoms with Gasteiger partial charge < -0.3 is 15.4 Å². The lowest BCUT2D eigenvalue weighted by atomic mass is 10.0. The normalized spacial score (nSPS) is 13.9. The number of carbonyl (C=O) groups excluding carboxylic acids is 1. The average molecular weight is 296 g/mol. The summed E-state index contributed by atoms with van der Waals surface area (Å²) in [4.78, 5) is 30.3. The Labute approximate surface area is 124 Å². The Balaban J connectivity index is 2.62. The summed E-state index contributed by atoms with van der Waals surface area (Å²) in [5.41, 5.74) is 0. The van der Waals surface area contributed by atoms with Crippen molar-refractivity contribution in [1.82, 2.24) is 20.6 Å². The van der Waals surface area contributed by atoms with E-state index < -0.39 is 18.1 Å². The molecule has 7 nitrogen and oxygen atoms in total. The van der Waals surface area contributed by atoms with E-state index in [4.69, 9.17) is 5.11 Å². The van der Waals surface area contributed by atoms with Crippen LogP contribution < -0.4 is 10.6 Å². The summed E-state index contributed by atoms with van der Waals surface area (Å²) in [5.74, 6) is -0.204. The van der Waals surface area contributed by atoms with E-state index in [1.165, 1.54) is 0 Å². The summed E-state index contributed by atoms with van der Waals surface area (Å²) >= 11 is 0. The second-order valence-corrected chi connectivity index (χ2v) is 5.40. The lowest BCUT2D eigenvalue weighted by Crippen LogP contribution is -2.51. The van der Waals surface area contributed by atoms with Gasteiger partial charge in [0.25, 0.3) is 0 Å². The number of nitrogens with zero attached hydrogens (tertiary/aromatic N) is 1. The quantitative estimate of drug-likeness (QED) is 0.541. The van der Waals surface area contributed by atoms with Crippen molar-refractivity contribution < 1.29 is 14.7 Å². The predicted octanol–water partition coefficient (Wildman–Crippen LogP) is 0.893. The van der Waals surface area contributed by atoms with Gasteiger partial charge in [-0.2, -0.15) is 0 Å².